The first-order chi connectivity index (χ1) is 9.49. The van der Waals surface area contributed by atoms with Crippen LogP contribution in [0.2, 0.25) is 0 Å². The Labute approximate surface area is 128 Å². The standard InChI is InChI=1S/C15H17BrNO2P/c1-17(2)12-20(18,15-10-8-13(16)9-11-15)19-14-6-4-3-5-7-14/h3-11H,12H2,1-2H3/p+1. The van der Waals surface area contributed by atoms with Crippen LogP contribution < -0.4 is 14.7 Å². The molecule has 2 aromatic carbocycles. The number of quaternary nitrogens is 1. The van der Waals surface area contributed by atoms with E-state index in [1.807, 2.05) is 68.7 Å². The van der Waals surface area contributed by atoms with Crippen LogP contribution in [0.5, 0.6) is 5.75 Å². The highest BCUT2D eigenvalue weighted by atomic mass is 79.9. The van der Waals surface area contributed by atoms with Gasteiger partial charge in [-0.1, -0.05) is 34.1 Å². The van der Waals surface area contributed by atoms with E-state index in [1.54, 1.807) is 0 Å². The minimum Gasteiger partial charge on any atom is -0.436 e. The van der Waals surface area contributed by atoms with Crippen molar-refractivity contribution in [3.8, 4) is 5.75 Å². The molecule has 0 saturated heterocycles. The number of nitrogens with one attached hydrogen (secondary N) is 1. The number of rotatable bonds is 5. The van der Waals surface area contributed by atoms with Crippen LogP contribution in [0, 0.1) is 0 Å². The fourth-order valence-electron chi connectivity index (χ4n) is 1.91. The first-order valence-corrected chi connectivity index (χ1v) is 8.99. The highest BCUT2D eigenvalue weighted by Crippen LogP contribution is 2.44. The van der Waals surface area contributed by atoms with E-state index in [2.05, 4.69) is 15.9 Å². The van der Waals surface area contributed by atoms with Crippen molar-refractivity contribution >= 4 is 28.6 Å². The summed E-state index contributed by atoms with van der Waals surface area (Å²) in [6.07, 6.45) is 0.448. The molecule has 0 spiro atoms. The van der Waals surface area contributed by atoms with Gasteiger partial charge in [0.15, 0.2) is 6.29 Å². The Kier molecular flexibility index (Phi) is 5.03. The molecule has 1 atom stereocenters. The van der Waals surface area contributed by atoms with Crippen molar-refractivity contribution in [2.75, 3.05) is 20.4 Å². The maximum Gasteiger partial charge on any atom is 0.329 e. The quantitative estimate of drug-likeness (QED) is 0.836. The van der Waals surface area contributed by atoms with Crippen LogP contribution in [0.25, 0.3) is 0 Å². The molecule has 5 heteroatoms. The molecule has 0 aliphatic carbocycles. The molecule has 0 aliphatic heterocycles. The van der Waals surface area contributed by atoms with Gasteiger partial charge in [0.25, 0.3) is 0 Å². The van der Waals surface area contributed by atoms with Crippen molar-refractivity contribution in [3.05, 3.63) is 59.1 Å². The van der Waals surface area contributed by atoms with Crippen molar-refractivity contribution < 1.29 is 14.0 Å². The third kappa shape index (κ3) is 3.95. The summed E-state index contributed by atoms with van der Waals surface area (Å²) in [6.45, 7) is 0. The Morgan fingerprint density at radius 2 is 1.65 bits per heavy atom. The number of hydrogen-bond donors (Lipinski definition) is 1. The Balaban J connectivity index is 2.35. The van der Waals surface area contributed by atoms with Gasteiger partial charge < -0.3 is 9.42 Å². The Morgan fingerprint density at radius 1 is 1.05 bits per heavy atom. The van der Waals surface area contributed by atoms with E-state index >= 15 is 0 Å². The molecule has 0 fully saturated rings. The lowest BCUT2D eigenvalue weighted by atomic mass is 10.3. The van der Waals surface area contributed by atoms with Gasteiger partial charge in [-0.25, -0.2) is 0 Å². The molecule has 3 nitrogen and oxygen atoms in total. The summed E-state index contributed by atoms with van der Waals surface area (Å²) in [7, 11) is 1.02. The number of para-hydroxylation sites is 1. The Morgan fingerprint density at radius 3 is 2.20 bits per heavy atom. The van der Waals surface area contributed by atoms with E-state index in [1.165, 1.54) is 0 Å². The second kappa shape index (κ2) is 6.57. The van der Waals surface area contributed by atoms with Gasteiger partial charge in [0.05, 0.1) is 19.4 Å². The summed E-state index contributed by atoms with van der Waals surface area (Å²) in [5.74, 6) is 0.639. The Bertz CT molecular complexity index is 599. The molecule has 1 N–H and O–H groups in total. The van der Waals surface area contributed by atoms with Crippen LogP contribution in [0.1, 0.15) is 0 Å². The minimum atomic E-state index is -2.93. The van der Waals surface area contributed by atoms with E-state index in [-0.39, 0.29) is 0 Å². The topological polar surface area (TPSA) is 30.7 Å². The van der Waals surface area contributed by atoms with Gasteiger partial charge in [0, 0.05) is 4.47 Å². The summed E-state index contributed by atoms with van der Waals surface area (Å²) in [6, 6.07) is 16.8. The zero-order valence-electron chi connectivity index (χ0n) is 11.5. The molecule has 0 heterocycles. The SMILES string of the molecule is C[NH+](C)CP(=O)(Oc1ccccc1)c1ccc(Br)cc1. The molecule has 0 bridgehead atoms. The summed E-state index contributed by atoms with van der Waals surface area (Å²) >= 11 is 3.39. The third-order valence-corrected chi connectivity index (χ3v) is 5.91. The molecule has 0 amide bonds. The number of hydrogen-bond acceptors (Lipinski definition) is 2. The lowest BCUT2D eigenvalue weighted by Crippen LogP contribution is -3.05. The van der Waals surface area contributed by atoms with Crippen LogP contribution in [0.4, 0.5) is 0 Å². The maximum absolute atomic E-state index is 13.2. The van der Waals surface area contributed by atoms with E-state index in [0.29, 0.717) is 12.0 Å². The molecule has 20 heavy (non-hydrogen) atoms. The third-order valence-electron chi connectivity index (χ3n) is 2.74. The fourth-order valence-corrected chi connectivity index (χ4v) is 4.43. The van der Waals surface area contributed by atoms with Gasteiger partial charge in [-0.3, -0.25) is 4.57 Å². The Hall–Kier alpha value is -1.09. The van der Waals surface area contributed by atoms with Gasteiger partial charge in [-0.15, -0.1) is 0 Å². The lowest BCUT2D eigenvalue weighted by Gasteiger charge is -2.21. The lowest BCUT2D eigenvalue weighted by molar-refractivity contribution is -0.845. The van der Waals surface area contributed by atoms with Crippen LogP contribution in [-0.4, -0.2) is 20.4 Å². The van der Waals surface area contributed by atoms with E-state index in [0.717, 1.165) is 14.7 Å². The molecule has 2 rings (SSSR count). The molecule has 0 aliphatic rings. The molecule has 2 aromatic rings. The molecule has 106 valence electrons. The highest BCUT2D eigenvalue weighted by molar-refractivity contribution is 9.10. The van der Waals surface area contributed by atoms with Gasteiger partial charge in [-0.05, 0) is 36.4 Å². The summed E-state index contributed by atoms with van der Waals surface area (Å²) in [5.41, 5.74) is 0. The average Bonchev–Trinajstić information content (AvgIpc) is 2.39. The smallest absolute Gasteiger partial charge is 0.329 e. The largest absolute Gasteiger partial charge is 0.436 e. The second-order valence-electron chi connectivity index (χ2n) is 4.92. The van der Waals surface area contributed by atoms with Crippen LogP contribution in [0.3, 0.4) is 0 Å². The van der Waals surface area contributed by atoms with Crippen molar-refractivity contribution in [2.45, 2.75) is 0 Å². The van der Waals surface area contributed by atoms with E-state index < -0.39 is 7.37 Å². The van der Waals surface area contributed by atoms with Gasteiger partial charge in [-0.2, -0.15) is 0 Å². The van der Waals surface area contributed by atoms with Crippen LogP contribution in [-0.2, 0) is 4.57 Å². The normalized spacial score (nSPS) is 14.0. The predicted octanol–water partition coefficient (Wildman–Crippen LogP) is 2.53. The zero-order chi connectivity index (χ0) is 14.6. The highest BCUT2D eigenvalue weighted by Gasteiger charge is 2.31. The summed E-state index contributed by atoms with van der Waals surface area (Å²) in [4.78, 5) is 1.09. The minimum absolute atomic E-state index is 0.448. The van der Waals surface area contributed by atoms with Crippen molar-refractivity contribution in [3.63, 3.8) is 0 Å². The van der Waals surface area contributed by atoms with Crippen molar-refractivity contribution in [1.82, 2.24) is 0 Å². The fraction of sp³-hybridized carbons (Fsp3) is 0.200. The number of benzene rings is 2. The van der Waals surface area contributed by atoms with Crippen molar-refractivity contribution in [1.29, 1.82) is 0 Å². The van der Waals surface area contributed by atoms with Gasteiger partial charge in [0.2, 0.25) is 0 Å². The molecular weight excluding hydrogens is 337 g/mol. The van der Waals surface area contributed by atoms with Gasteiger partial charge >= 0.3 is 7.37 Å². The van der Waals surface area contributed by atoms with Crippen molar-refractivity contribution in [2.24, 2.45) is 0 Å². The van der Waals surface area contributed by atoms with E-state index in [9.17, 15) is 4.57 Å². The summed E-state index contributed by atoms with van der Waals surface area (Å²) < 4.78 is 20.1. The van der Waals surface area contributed by atoms with Crippen LogP contribution >= 0.6 is 23.3 Å². The predicted molar refractivity (Wildman–Crippen MR) is 86.1 cm³/mol. The molecular formula is C15H18BrNO2P+. The monoisotopic (exact) mass is 354 g/mol. The summed E-state index contributed by atoms with van der Waals surface area (Å²) in [5, 5.41) is 0.741. The molecule has 1 unspecified atom stereocenters. The molecule has 0 aromatic heterocycles. The maximum atomic E-state index is 13.2. The first kappa shape index (κ1) is 15.3. The van der Waals surface area contributed by atoms with Crippen LogP contribution in [0.15, 0.2) is 59.1 Å². The molecule has 0 saturated carbocycles. The van der Waals surface area contributed by atoms with Gasteiger partial charge in [0.1, 0.15) is 5.75 Å². The average molecular weight is 355 g/mol. The zero-order valence-corrected chi connectivity index (χ0v) is 14.0. The number of halogens is 1. The molecule has 0 radical (unpaired) electrons. The van der Waals surface area contributed by atoms with E-state index in [4.69, 9.17) is 4.52 Å². The second-order valence-corrected chi connectivity index (χ2v) is 8.20. The first-order valence-electron chi connectivity index (χ1n) is 6.38.